The minimum Gasteiger partial charge on any atom is -0.398 e. The van der Waals surface area contributed by atoms with Crippen LogP contribution in [0, 0.1) is 11.3 Å². The molecule has 0 aliphatic carbocycles. The summed E-state index contributed by atoms with van der Waals surface area (Å²) in [5.41, 5.74) is 10.8. The lowest BCUT2D eigenvalue weighted by atomic mass is 10.0. The summed E-state index contributed by atoms with van der Waals surface area (Å²) < 4.78 is 0. The number of rotatable bonds is 8. The molecule has 6 rings (SSSR count). The van der Waals surface area contributed by atoms with Crippen molar-refractivity contribution in [2.45, 2.75) is 6.42 Å². The van der Waals surface area contributed by atoms with Gasteiger partial charge in [0.05, 0.1) is 18.2 Å². The molecule has 2 aromatic heterocycles. The van der Waals surface area contributed by atoms with Crippen molar-refractivity contribution < 1.29 is 12.4 Å². The summed E-state index contributed by atoms with van der Waals surface area (Å²) >= 11 is 0. The third kappa shape index (κ3) is 6.57. The second-order valence-electron chi connectivity index (χ2n) is 11.1. The average molecular weight is 594 g/mol. The van der Waals surface area contributed by atoms with Gasteiger partial charge in [-0.3, -0.25) is 24.9 Å². The molecule has 2 fully saturated rings. The highest BCUT2D eigenvalue weighted by Gasteiger charge is 2.31. The van der Waals surface area contributed by atoms with E-state index in [0.29, 0.717) is 67.5 Å². The molecule has 2 amide bonds. The van der Waals surface area contributed by atoms with Gasteiger partial charge in [0.15, 0.2) is 5.82 Å². The number of anilines is 3. The summed E-state index contributed by atoms with van der Waals surface area (Å²) in [4.78, 5) is 45.1. The van der Waals surface area contributed by atoms with E-state index in [1.165, 1.54) is 0 Å². The number of carbonyl (C=O) groups is 2. The normalized spacial score (nSPS) is 17.0. The van der Waals surface area contributed by atoms with Crippen molar-refractivity contribution in [1.82, 2.24) is 24.8 Å². The number of nitrogens with zero attached hydrogens (tertiary/aromatic N) is 6. The Morgan fingerprint density at radius 3 is 2.39 bits per heavy atom. The summed E-state index contributed by atoms with van der Waals surface area (Å²) in [5, 5.41) is 11.5. The lowest BCUT2D eigenvalue weighted by Crippen LogP contribution is -2.51. The van der Waals surface area contributed by atoms with E-state index in [1.807, 2.05) is 17.0 Å². The Balaban J connectivity index is 0.00000240. The number of pyridine rings is 1. The Morgan fingerprint density at radius 2 is 1.66 bits per heavy atom. The number of benzene rings is 2. The van der Waals surface area contributed by atoms with Crippen LogP contribution >= 0.6 is 0 Å². The molecule has 2 aliphatic heterocycles. The fraction of sp³-hybridized carbons (Fsp3) is 0.273. The molecule has 11 nitrogen and oxygen atoms in total. The molecule has 2 aliphatic rings. The molecule has 0 unspecified atom stereocenters. The van der Waals surface area contributed by atoms with E-state index in [0.717, 1.165) is 24.3 Å². The third-order valence-corrected chi connectivity index (χ3v) is 8.25. The number of nitrogens with two attached hydrogens (primary N) is 1. The standard InChI is InChI=1S/C33H35N9O2.2H2/c34-29-7-4-26(20-28(29)31(35)23-8-13-36-14-9-23)39-33(44)25-10-15-40(21-25)22-30(43)42-18-16-41(17-19-42)27-5-2-24(3-6-27)32-37-11-1-12-38-32;;/h1-9,11-14,20,25,35H,10,15-19,21-22,34H2,(H,39,44);2*1H/t25-;;/m1../s1. The van der Waals surface area contributed by atoms with E-state index in [2.05, 4.69) is 42.2 Å². The summed E-state index contributed by atoms with van der Waals surface area (Å²) in [6.45, 7) is 4.39. The van der Waals surface area contributed by atoms with Crippen molar-refractivity contribution in [1.29, 1.82) is 5.41 Å². The maximum absolute atomic E-state index is 13.1. The van der Waals surface area contributed by atoms with Crippen LogP contribution < -0.4 is 16.0 Å². The maximum Gasteiger partial charge on any atom is 0.236 e. The number of amides is 2. The molecule has 44 heavy (non-hydrogen) atoms. The first-order chi connectivity index (χ1) is 21.4. The van der Waals surface area contributed by atoms with Gasteiger partial charge in [-0.1, -0.05) is 0 Å². The molecule has 1 atom stereocenters. The summed E-state index contributed by atoms with van der Waals surface area (Å²) in [5.74, 6) is 0.489. The summed E-state index contributed by atoms with van der Waals surface area (Å²) in [6.07, 6.45) is 7.42. The monoisotopic (exact) mass is 593 g/mol. The number of nitrogens with one attached hydrogen (secondary N) is 2. The van der Waals surface area contributed by atoms with Crippen LogP contribution in [0.25, 0.3) is 11.4 Å². The van der Waals surface area contributed by atoms with Crippen LogP contribution in [0.2, 0.25) is 0 Å². The first kappa shape index (κ1) is 28.9. The molecule has 0 saturated carbocycles. The number of likely N-dealkylation sites (tertiary alicyclic amines) is 1. The molecule has 11 heteroatoms. The van der Waals surface area contributed by atoms with E-state index < -0.39 is 0 Å². The molecule has 4 N–H and O–H groups in total. The highest BCUT2D eigenvalue weighted by atomic mass is 16.2. The lowest BCUT2D eigenvalue weighted by Gasteiger charge is -2.36. The van der Waals surface area contributed by atoms with Gasteiger partial charge in [-0.2, -0.15) is 0 Å². The molecule has 0 bridgehead atoms. The van der Waals surface area contributed by atoms with Crippen molar-refractivity contribution in [2.75, 3.05) is 61.8 Å². The Bertz CT molecular complexity index is 1630. The van der Waals surface area contributed by atoms with Crippen molar-refractivity contribution in [3.8, 4) is 11.4 Å². The van der Waals surface area contributed by atoms with Crippen molar-refractivity contribution >= 4 is 34.6 Å². The largest absolute Gasteiger partial charge is 0.398 e. The molecular formula is C33H39N9O2. The molecule has 2 aromatic carbocycles. The zero-order valence-electron chi connectivity index (χ0n) is 24.4. The minimum absolute atomic E-state index is 0. The predicted molar refractivity (Wildman–Crippen MR) is 175 cm³/mol. The average Bonchev–Trinajstić information content (AvgIpc) is 3.55. The second kappa shape index (κ2) is 13.0. The van der Waals surface area contributed by atoms with Crippen molar-refractivity contribution in [2.24, 2.45) is 5.92 Å². The lowest BCUT2D eigenvalue weighted by molar-refractivity contribution is -0.132. The zero-order valence-corrected chi connectivity index (χ0v) is 24.4. The van der Waals surface area contributed by atoms with Crippen LogP contribution in [0.3, 0.4) is 0 Å². The third-order valence-electron chi connectivity index (χ3n) is 8.25. The van der Waals surface area contributed by atoms with E-state index in [4.69, 9.17) is 11.1 Å². The first-order valence-corrected chi connectivity index (χ1v) is 14.8. The van der Waals surface area contributed by atoms with Crippen LogP contribution in [0.5, 0.6) is 0 Å². The summed E-state index contributed by atoms with van der Waals surface area (Å²) in [6, 6.07) is 18.7. The second-order valence-corrected chi connectivity index (χ2v) is 11.1. The van der Waals surface area contributed by atoms with Crippen molar-refractivity contribution in [3.63, 3.8) is 0 Å². The Morgan fingerprint density at radius 1 is 0.932 bits per heavy atom. The van der Waals surface area contributed by atoms with E-state index in [-0.39, 0.29) is 26.3 Å². The van der Waals surface area contributed by atoms with Crippen LogP contribution in [0.15, 0.2) is 85.5 Å². The number of carbonyl (C=O) groups excluding carboxylic acids is 2. The van der Waals surface area contributed by atoms with Gasteiger partial charge in [-0.15, -0.1) is 0 Å². The molecule has 228 valence electrons. The van der Waals surface area contributed by atoms with E-state index in [1.54, 1.807) is 61.2 Å². The first-order valence-electron chi connectivity index (χ1n) is 14.8. The molecular weight excluding hydrogens is 554 g/mol. The maximum atomic E-state index is 13.1. The van der Waals surface area contributed by atoms with Gasteiger partial charge >= 0.3 is 0 Å². The zero-order chi connectivity index (χ0) is 30.5. The van der Waals surface area contributed by atoms with Gasteiger partial charge in [0, 0.05) is 94.1 Å². The van der Waals surface area contributed by atoms with Gasteiger partial charge in [0.1, 0.15) is 0 Å². The van der Waals surface area contributed by atoms with Crippen LogP contribution in [0.4, 0.5) is 17.1 Å². The van der Waals surface area contributed by atoms with Gasteiger partial charge < -0.3 is 20.9 Å². The van der Waals surface area contributed by atoms with E-state index in [9.17, 15) is 9.59 Å². The Hall–Kier alpha value is -5.16. The number of hydrogen-bond donors (Lipinski definition) is 3. The fourth-order valence-electron chi connectivity index (χ4n) is 5.73. The van der Waals surface area contributed by atoms with Gasteiger partial charge in [-0.05, 0) is 73.6 Å². The van der Waals surface area contributed by atoms with Crippen LogP contribution in [0.1, 0.15) is 20.4 Å². The fourth-order valence-corrected chi connectivity index (χ4v) is 5.73. The quantitative estimate of drug-likeness (QED) is 0.208. The SMILES string of the molecule is N=C(c1ccncc1)c1cc(NC(=O)[C@@H]2CCN(CC(=O)N3CCN(c4ccc(-c5ncccn5)cc4)CC3)C2)ccc1N.[HH].[HH]. The Labute approximate surface area is 259 Å². The Kier molecular flexibility index (Phi) is 8.55. The molecule has 0 spiro atoms. The topological polar surface area (TPSA) is 144 Å². The van der Waals surface area contributed by atoms with Crippen LogP contribution in [-0.2, 0) is 9.59 Å². The van der Waals surface area contributed by atoms with Gasteiger partial charge in [0.2, 0.25) is 11.8 Å². The van der Waals surface area contributed by atoms with E-state index >= 15 is 0 Å². The number of aromatic nitrogens is 3. The summed E-state index contributed by atoms with van der Waals surface area (Å²) in [7, 11) is 0. The predicted octanol–water partition coefficient (Wildman–Crippen LogP) is 3.64. The van der Waals surface area contributed by atoms with Gasteiger partial charge in [0.25, 0.3) is 0 Å². The minimum atomic E-state index is -0.218. The molecule has 0 radical (unpaired) electrons. The number of piperazine rings is 1. The van der Waals surface area contributed by atoms with Crippen molar-refractivity contribution in [3.05, 3.63) is 96.6 Å². The number of hydrogen-bond acceptors (Lipinski definition) is 9. The highest BCUT2D eigenvalue weighted by Crippen LogP contribution is 2.25. The number of nitrogen functional groups attached to an aromatic ring is 1. The molecule has 4 aromatic rings. The molecule has 4 heterocycles. The molecule has 2 saturated heterocycles. The highest BCUT2D eigenvalue weighted by molar-refractivity contribution is 6.14. The smallest absolute Gasteiger partial charge is 0.236 e. The van der Waals surface area contributed by atoms with Crippen LogP contribution in [-0.4, -0.2) is 88.1 Å². The van der Waals surface area contributed by atoms with Gasteiger partial charge in [-0.25, -0.2) is 9.97 Å².